The lowest BCUT2D eigenvalue weighted by atomic mass is 10.2. The van der Waals surface area contributed by atoms with Crippen LogP contribution in [0.4, 0.5) is 14.5 Å². The molecule has 0 aliphatic rings. The van der Waals surface area contributed by atoms with Crippen molar-refractivity contribution in [3.05, 3.63) is 29.3 Å². The number of hydrogen-bond acceptors (Lipinski definition) is 3. The molecule has 0 saturated carbocycles. The molecule has 0 aliphatic heterocycles. The van der Waals surface area contributed by atoms with E-state index in [0.29, 0.717) is 26.2 Å². The maximum atomic E-state index is 13.5. The topological polar surface area (TPSA) is 58.6 Å². The third-order valence-electron chi connectivity index (χ3n) is 2.40. The van der Waals surface area contributed by atoms with Crippen LogP contribution in [0.25, 0.3) is 0 Å². The molecule has 2 N–H and O–H groups in total. The number of carbonyl (C=O) groups is 1. The summed E-state index contributed by atoms with van der Waals surface area (Å²) in [6.45, 7) is 3.52. The number of benzene rings is 1. The Bertz CT molecular complexity index is 415. The number of carboxylic acid groups (broad SMARTS) is 1. The normalized spacial score (nSPS) is 10.5. The molecule has 6 heteroatoms. The maximum Gasteiger partial charge on any atom is 0.335 e. The van der Waals surface area contributed by atoms with Crippen LogP contribution < -0.4 is 5.32 Å². The number of carboxylic acids is 1. The molecule has 1 aromatic carbocycles. The van der Waals surface area contributed by atoms with Crippen LogP contribution in [0.2, 0.25) is 0 Å². The Labute approximate surface area is 110 Å². The fraction of sp³-hybridized carbons (Fsp3) is 0.462. The highest BCUT2D eigenvalue weighted by Gasteiger charge is 2.14. The standard InChI is InChI=1S/C13H17F2NO3/c1-2-5-19-6-3-4-16-12-10(14)7-9(13(17)18)8-11(12)15/h7-8,16H,2-6H2,1H3,(H,17,18). The summed E-state index contributed by atoms with van der Waals surface area (Å²) in [7, 11) is 0. The Morgan fingerprint density at radius 2 is 1.95 bits per heavy atom. The minimum atomic E-state index is -1.36. The number of ether oxygens (including phenoxy) is 1. The quantitative estimate of drug-likeness (QED) is 0.715. The molecular weight excluding hydrogens is 256 g/mol. The average molecular weight is 273 g/mol. The van der Waals surface area contributed by atoms with Gasteiger partial charge in [-0.05, 0) is 25.0 Å². The fourth-order valence-corrected chi connectivity index (χ4v) is 1.50. The second-order valence-electron chi connectivity index (χ2n) is 4.01. The van der Waals surface area contributed by atoms with E-state index in [1.54, 1.807) is 0 Å². The highest BCUT2D eigenvalue weighted by atomic mass is 19.1. The first-order valence-electron chi connectivity index (χ1n) is 6.10. The van der Waals surface area contributed by atoms with Crippen molar-refractivity contribution in [2.75, 3.05) is 25.1 Å². The molecule has 0 radical (unpaired) electrons. The number of rotatable bonds is 8. The van der Waals surface area contributed by atoms with Gasteiger partial charge in [-0.15, -0.1) is 0 Å². The van der Waals surface area contributed by atoms with Crippen molar-refractivity contribution in [3.63, 3.8) is 0 Å². The summed E-state index contributed by atoms with van der Waals surface area (Å²) in [5.41, 5.74) is -0.715. The molecule has 0 spiro atoms. The largest absolute Gasteiger partial charge is 0.478 e. The van der Waals surface area contributed by atoms with Crippen molar-refractivity contribution in [1.29, 1.82) is 0 Å². The molecule has 106 valence electrons. The van der Waals surface area contributed by atoms with Crippen LogP contribution in [0.5, 0.6) is 0 Å². The van der Waals surface area contributed by atoms with Crippen molar-refractivity contribution < 1.29 is 23.4 Å². The molecule has 0 heterocycles. The van der Waals surface area contributed by atoms with Gasteiger partial charge in [0.25, 0.3) is 0 Å². The third-order valence-corrected chi connectivity index (χ3v) is 2.40. The second-order valence-corrected chi connectivity index (χ2v) is 4.01. The number of nitrogens with one attached hydrogen (secondary N) is 1. The van der Waals surface area contributed by atoms with Gasteiger partial charge < -0.3 is 15.2 Å². The molecule has 0 bridgehead atoms. The lowest BCUT2D eigenvalue weighted by Crippen LogP contribution is -2.10. The summed E-state index contributed by atoms with van der Waals surface area (Å²) in [5, 5.41) is 11.3. The molecule has 4 nitrogen and oxygen atoms in total. The molecular formula is C13H17F2NO3. The van der Waals surface area contributed by atoms with Crippen molar-refractivity contribution in [1.82, 2.24) is 0 Å². The zero-order chi connectivity index (χ0) is 14.3. The summed E-state index contributed by atoms with van der Waals surface area (Å²) in [5.74, 6) is -3.18. The van der Waals surface area contributed by atoms with Crippen LogP contribution in [-0.4, -0.2) is 30.8 Å². The summed E-state index contributed by atoms with van der Waals surface area (Å²) in [6, 6.07) is 1.59. The summed E-state index contributed by atoms with van der Waals surface area (Å²) < 4.78 is 32.2. The van der Waals surface area contributed by atoms with E-state index in [0.717, 1.165) is 18.6 Å². The van der Waals surface area contributed by atoms with Gasteiger partial charge in [0, 0.05) is 19.8 Å². The molecule has 0 amide bonds. The lowest BCUT2D eigenvalue weighted by Gasteiger charge is -2.09. The van der Waals surface area contributed by atoms with E-state index in [1.807, 2.05) is 6.92 Å². The Kier molecular flexibility index (Phi) is 6.21. The fourth-order valence-electron chi connectivity index (χ4n) is 1.50. The monoisotopic (exact) mass is 273 g/mol. The molecule has 1 aromatic rings. The van der Waals surface area contributed by atoms with E-state index in [-0.39, 0.29) is 5.69 Å². The number of anilines is 1. The van der Waals surface area contributed by atoms with Crippen LogP contribution in [-0.2, 0) is 4.74 Å². The predicted octanol–water partition coefficient (Wildman–Crippen LogP) is 2.89. The average Bonchev–Trinajstić information content (AvgIpc) is 2.35. The zero-order valence-corrected chi connectivity index (χ0v) is 10.7. The van der Waals surface area contributed by atoms with Crippen molar-refractivity contribution in [2.45, 2.75) is 19.8 Å². The first kappa shape index (κ1) is 15.4. The van der Waals surface area contributed by atoms with Crippen LogP contribution in [0.3, 0.4) is 0 Å². The first-order chi connectivity index (χ1) is 9.06. The van der Waals surface area contributed by atoms with Gasteiger partial charge in [0.05, 0.1) is 5.56 Å². The van der Waals surface area contributed by atoms with E-state index in [1.165, 1.54) is 0 Å². The summed E-state index contributed by atoms with van der Waals surface area (Å²) in [6.07, 6.45) is 1.53. The number of hydrogen-bond donors (Lipinski definition) is 2. The van der Waals surface area contributed by atoms with Crippen LogP contribution in [0, 0.1) is 11.6 Å². The van der Waals surface area contributed by atoms with E-state index in [4.69, 9.17) is 9.84 Å². The molecule has 0 unspecified atom stereocenters. The maximum absolute atomic E-state index is 13.5. The second kappa shape index (κ2) is 7.68. The molecule has 19 heavy (non-hydrogen) atoms. The van der Waals surface area contributed by atoms with Gasteiger partial charge in [-0.3, -0.25) is 0 Å². The Balaban J connectivity index is 2.52. The van der Waals surface area contributed by atoms with E-state index in [2.05, 4.69) is 5.32 Å². The van der Waals surface area contributed by atoms with Crippen LogP contribution in [0.1, 0.15) is 30.1 Å². The highest BCUT2D eigenvalue weighted by molar-refractivity contribution is 5.88. The van der Waals surface area contributed by atoms with Crippen molar-refractivity contribution in [3.8, 4) is 0 Å². The smallest absolute Gasteiger partial charge is 0.335 e. The zero-order valence-electron chi connectivity index (χ0n) is 10.7. The molecule has 0 saturated heterocycles. The Hall–Kier alpha value is -1.69. The third kappa shape index (κ3) is 4.82. The molecule has 0 aliphatic carbocycles. The van der Waals surface area contributed by atoms with Crippen molar-refractivity contribution in [2.24, 2.45) is 0 Å². The van der Waals surface area contributed by atoms with Gasteiger partial charge in [-0.1, -0.05) is 6.92 Å². The minimum absolute atomic E-state index is 0.305. The van der Waals surface area contributed by atoms with Gasteiger partial charge in [-0.25, -0.2) is 13.6 Å². The highest BCUT2D eigenvalue weighted by Crippen LogP contribution is 2.20. The lowest BCUT2D eigenvalue weighted by molar-refractivity contribution is 0.0696. The van der Waals surface area contributed by atoms with Gasteiger partial charge >= 0.3 is 5.97 Å². The Morgan fingerprint density at radius 1 is 1.32 bits per heavy atom. The van der Waals surface area contributed by atoms with E-state index in [9.17, 15) is 13.6 Å². The molecule has 0 aromatic heterocycles. The summed E-state index contributed by atoms with van der Waals surface area (Å²) >= 11 is 0. The number of halogens is 2. The van der Waals surface area contributed by atoms with Gasteiger partial charge in [0.1, 0.15) is 17.3 Å². The SMILES string of the molecule is CCCOCCCNc1c(F)cc(C(=O)O)cc1F. The van der Waals surface area contributed by atoms with Gasteiger partial charge in [-0.2, -0.15) is 0 Å². The predicted molar refractivity (Wildman–Crippen MR) is 67.5 cm³/mol. The van der Waals surface area contributed by atoms with Gasteiger partial charge in [0.2, 0.25) is 0 Å². The minimum Gasteiger partial charge on any atom is -0.478 e. The van der Waals surface area contributed by atoms with Crippen LogP contribution in [0.15, 0.2) is 12.1 Å². The summed E-state index contributed by atoms with van der Waals surface area (Å²) in [4.78, 5) is 10.6. The molecule has 1 rings (SSSR count). The molecule has 0 fully saturated rings. The number of aromatic carboxylic acids is 1. The van der Waals surface area contributed by atoms with Crippen LogP contribution >= 0.6 is 0 Å². The Morgan fingerprint density at radius 3 is 2.47 bits per heavy atom. The van der Waals surface area contributed by atoms with E-state index < -0.39 is 23.2 Å². The first-order valence-corrected chi connectivity index (χ1v) is 6.10. The van der Waals surface area contributed by atoms with Gasteiger partial charge in [0.15, 0.2) is 0 Å². The van der Waals surface area contributed by atoms with E-state index >= 15 is 0 Å². The van der Waals surface area contributed by atoms with Crippen molar-refractivity contribution >= 4 is 11.7 Å². The molecule has 0 atom stereocenters.